The maximum atomic E-state index is 6.04. The van der Waals surface area contributed by atoms with Crippen molar-refractivity contribution in [3.8, 4) is 5.75 Å². The van der Waals surface area contributed by atoms with Crippen LogP contribution in [0.25, 0.3) is 0 Å². The number of hydrogen-bond acceptors (Lipinski definition) is 3. The zero-order valence-electron chi connectivity index (χ0n) is 10.5. The molecule has 2 aromatic rings. The second-order valence-electron chi connectivity index (χ2n) is 3.89. The SMILES string of the molecule is CCOc1ccccc1CNc1cc(Br)cnc1Cl. The van der Waals surface area contributed by atoms with Crippen molar-refractivity contribution in [1.82, 2.24) is 4.98 Å². The van der Waals surface area contributed by atoms with Gasteiger partial charge in [-0.15, -0.1) is 0 Å². The Bertz CT molecular complexity index is 563. The molecule has 0 bridgehead atoms. The molecule has 0 saturated heterocycles. The number of halogens is 2. The summed E-state index contributed by atoms with van der Waals surface area (Å²) < 4.78 is 6.47. The van der Waals surface area contributed by atoms with E-state index in [1.165, 1.54) is 0 Å². The zero-order chi connectivity index (χ0) is 13.7. The Morgan fingerprint density at radius 3 is 2.95 bits per heavy atom. The number of hydrogen-bond donors (Lipinski definition) is 1. The highest BCUT2D eigenvalue weighted by atomic mass is 79.9. The van der Waals surface area contributed by atoms with Gasteiger partial charge in [-0.3, -0.25) is 0 Å². The molecular formula is C14H14BrClN2O. The second-order valence-corrected chi connectivity index (χ2v) is 5.16. The van der Waals surface area contributed by atoms with Crippen molar-refractivity contribution >= 4 is 33.2 Å². The zero-order valence-corrected chi connectivity index (χ0v) is 12.8. The summed E-state index contributed by atoms with van der Waals surface area (Å²) in [6, 6.07) is 9.83. The number of para-hydroxylation sites is 1. The van der Waals surface area contributed by atoms with Crippen LogP contribution in [0, 0.1) is 0 Å². The van der Waals surface area contributed by atoms with E-state index in [0.29, 0.717) is 18.3 Å². The molecular weight excluding hydrogens is 328 g/mol. The van der Waals surface area contributed by atoms with Crippen LogP contribution in [0.15, 0.2) is 41.0 Å². The van der Waals surface area contributed by atoms with Crippen LogP contribution in [0.4, 0.5) is 5.69 Å². The van der Waals surface area contributed by atoms with Crippen LogP contribution in [0.1, 0.15) is 12.5 Å². The van der Waals surface area contributed by atoms with Gasteiger partial charge in [-0.25, -0.2) is 4.98 Å². The first kappa shape index (κ1) is 14.2. The molecule has 0 aliphatic carbocycles. The van der Waals surface area contributed by atoms with E-state index in [9.17, 15) is 0 Å². The molecule has 1 N–H and O–H groups in total. The number of ether oxygens (including phenoxy) is 1. The maximum Gasteiger partial charge on any atom is 0.152 e. The van der Waals surface area contributed by atoms with Gasteiger partial charge in [0.15, 0.2) is 5.15 Å². The number of aromatic nitrogens is 1. The summed E-state index contributed by atoms with van der Waals surface area (Å²) >= 11 is 9.41. The van der Waals surface area contributed by atoms with Gasteiger partial charge in [0.2, 0.25) is 0 Å². The molecule has 0 unspecified atom stereocenters. The van der Waals surface area contributed by atoms with E-state index in [4.69, 9.17) is 16.3 Å². The predicted octanol–water partition coefficient (Wildman–Crippen LogP) is 4.51. The number of nitrogens with zero attached hydrogens (tertiary/aromatic N) is 1. The molecule has 0 atom stereocenters. The van der Waals surface area contributed by atoms with E-state index < -0.39 is 0 Å². The van der Waals surface area contributed by atoms with Gasteiger partial charge in [0.25, 0.3) is 0 Å². The Morgan fingerprint density at radius 2 is 2.16 bits per heavy atom. The number of benzene rings is 1. The Labute approximate surface area is 126 Å². The average molecular weight is 342 g/mol. The summed E-state index contributed by atoms with van der Waals surface area (Å²) in [6.07, 6.45) is 1.67. The minimum Gasteiger partial charge on any atom is -0.494 e. The van der Waals surface area contributed by atoms with E-state index in [0.717, 1.165) is 21.5 Å². The Kier molecular flexibility index (Phi) is 5.05. The van der Waals surface area contributed by atoms with Crippen molar-refractivity contribution in [2.24, 2.45) is 0 Å². The average Bonchev–Trinajstić information content (AvgIpc) is 2.42. The van der Waals surface area contributed by atoms with Crippen LogP contribution in [-0.2, 0) is 6.54 Å². The number of anilines is 1. The molecule has 2 rings (SSSR count). The van der Waals surface area contributed by atoms with E-state index in [1.807, 2.05) is 37.3 Å². The lowest BCUT2D eigenvalue weighted by atomic mass is 10.2. The molecule has 19 heavy (non-hydrogen) atoms. The lowest BCUT2D eigenvalue weighted by molar-refractivity contribution is 0.337. The van der Waals surface area contributed by atoms with Crippen molar-refractivity contribution in [1.29, 1.82) is 0 Å². The first-order valence-electron chi connectivity index (χ1n) is 5.96. The Balaban J connectivity index is 2.12. The fourth-order valence-corrected chi connectivity index (χ4v) is 2.18. The fraction of sp³-hybridized carbons (Fsp3) is 0.214. The van der Waals surface area contributed by atoms with Crippen molar-refractivity contribution in [3.05, 3.63) is 51.7 Å². The van der Waals surface area contributed by atoms with E-state index in [-0.39, 0.29) is 0 Å². The van der Waals surface area contributed by atoms with E-state index in [2.05, 4.69) is 26.2 Å². The molecule has 0 saturated carbocycles. The Morgan fingerprint density at radius 1 is 1.37 bits per heavy atom. The summed E-state index contributed by atoms with van der Waals surface area (Å²) in [6.45, 7) is 3.25. The third-order valence-electron chi connectivity index (χ3n) is 2.55. The molecule has 1 aromatic carbocycles. The predicted molar refractivity (Wildman–Crippen MR) is 81.9 cm³/mol. The summed E-state index contributed by atoms with van der Waals surface area (Å²) in [4.78, 5) is 4.07. The summed E-state index contributed by atoms with van der Waals surface area (Å²) in [5, 5.41) is 3.72. The molecule has 1 aromatic heterocycles. The maximum absolute atomic E-state index is 6.04. The number of pyridine rings is 1. The molecule has 0 fully saturated rings. The van der Waals surface area contributed by atoms with Gasteiger partial charge >= 0.3 is 0 Å². The summed E-state index contributed by atoms with van der Waals surface area (Å²) in [5.74, 6) is 0.886. The second kappa shape index (κ2) is 6.78. The monoisotopic (exact) mass is 340 g/mol. The smallest absolute Gasteiger partial charge is 0.152 e. The van der Waals surface area contributed by atoms with Crippen LogP contribution >= 0.6 is 27.5 Å². The van der Waals surface area contributed by atoms with Crippen LogP contribution in [0.5, 0.6) is 5.75 Å². The molecule has 0 aliphatic heterocycles. The number of rotatable bonds is 5. The number of nitrogens with one attached hydrogen (secondary N) is 1. The normalized spacial score (nSPS) is 10.3. The lowest BCUT2D eigenvalue weighted by Crippen LogP contribution is -2.04. The van der Waals surface area contributed by atoms with Gasteiger partial charge in [-0.05, 0) is 35.0 Å². The van der Waals surface area contributed by atoms with Crippen molar-refractivity contribution in [2.75, 3.05) is 11.9 Å². The van der Waals surface area contributed by atoms with Gasteiger partial charge in [0.1, 0.15) is 5.75 Å². The van der Waals surface area contributed by atoms with Crippen molar-refractivity contribution in [2.45, 2.75) is 13.5 Å². The van der Waals surface area contributed by atoms with Gasteiger partial charge in [0.05, 0.1) is 12.3 Å². The van der Waals surface area contributed by atoms with E-state index >= 15 is 0 Å². The molecule has 0 radical (unpaired) electrons. The molecule has 0 spiro atoms. The minimum absolute atomic E-state index is 0.456. The highest BCUT2D eigenvalue weighted by molar-refractivity contribution is 9.10. The topological polar surface area (TPSA) is 34.1 Å². The highest BCUT2D eigenvalue weighted by Crippen LogP contribution is 2.25. The van der Waals surface area contributed by atoms with Crippen LogP contribution in [0.3, 0.4) is 0 Å². The third kappa shape index (κ3) is 3.85. The largest absolute Gasteiger partial charge is 0.494 e. The van der Waals surface area contributed by atoms with Crippen LogP contribution in [0.2, 0.25) is 5.15 Å². The molecule has 0 amide bonds. The summed E-state index contributed by atoms with van der Waals surface area (Å²) in [5.41, 5.74) is 1.88. The molecule has 100 valence electrons. The quantitative estimate of drug-likeness (QED) is 0.813. The van der Waals surface area contributed by atoms with Crippen molar-refractivity contribution in [3.63, 3.8) is 0 Å². The summed E-state index contributed by atoms with van der Waals surface area (Å²) in [7, 11) is 0. The van der Waals surface area contributed by atoms with Gasteiger partial charge in [0, 0.05) is 22.8 Å². The first-order valence-corrected chi connectivity index (χ1v) is 7.13. The van der Waals surface area contributed by atoms with Crippen LogP contribution < -0.4 is 10.1 Å². The molecule has 3 nitrogen and oxygen atoms in total. The van der Waals surface area contributed by atoms with Gasteiger partial charge in [-0.2, -0.15) is 0 Å². The van der Waals surface area contributed by atoms with Crippen LogP contribution in [-0.4, -0.2) is 11.6 Å². The first-order chi connectivity index (χ1) is 9.20. The standard InChI is InChI=1S/C14H14BrClN2O/c1-2-19-13-6-4-3-5-10(13)8-17-12-7-11(15)9-18-14(12)16/h3-7,9,17H,2,8H2,1H3. The lowest BCUT2D eigenvalue weighted by Gasteiger charge is -2.12. The molecule has 0 aliphatic rings. The van der Waals surface area contributed by atoms with Gasteiger partial charge < -0.3 is 10.1 Å². The minimum atomic E-state index is 0.456. The third-order valence-corrected chi connectivity index (χ3v) is 3.28. The fourth-order valence-electron chi connectivity index (χ4n) is 1.68. The van der Waals surface area contributed by atoms with E-state index in [1.54, 1.807) is 6.20 Å². The Hall–Kier alpha value is -1.26. The van der Waals surface area contributed by atoms with Crippen molar-refractivity contribution < 1.29 is 4.74 Å². The molecule has 5 heteroatoms. The highest BCUT2D eigenvalue weighted by Gasteiger charge is 2.05. The molecule has 1 heterocycles. The van der Waals surface area contributed by atoms with Gasteiger partial charge in [-0.1, -0.05) is 29.8 Å².